The molecule has 0 unspecified atom stereocenters. The molecule has 0 fully saturated rings. The largest absolute Gasteiger partial charge is 0.465 e. The number of nitrogens with zero attached hydrogens (tertiary/aromatic N) is 2. The number of hydrogen-bond donors (Lipinski definition) is 0. The van der Waals surface area contributed by atoms with E-state index in [4.69, 9.17) is 4.52 Å². The van der Waals surface area contributed by atoms with Crippen LogP contribution in [0.1, 0.15) is 38.4 Å². The number of aryl methyl sites for hydroxylation is 1. The van der Waals surface area contributed by atoms with E-state index in [1.54, 1.807) is 24.8 Å². The Morgan fingerprint density at radius 3 is 3.00 bits per heavy atom. The van der Waals surface area contributed by atoms with Gasteiger partial charge in [-0.1, -0.05) is 5.16 Å². The van der Waals surface area contributed by atoms with Crippen LogP contribution in [-0.4, -0.2) is 23.2 Å². The van der Waals surface area contributed by atoms with E-state index in [-0.39, 0.29) is 11.2 Å². The number of methoxy groups -OCH3 is 1. The number of thiophene rings is 1. The molecule has 0 amide bonds. The van der Waals surface area contributed by atoms with E-state index < -0.39 is 0 Å². The maximum absolute atomic E-state index is 11.3. The van der Waals surface area contributed by atoms with Crippen LogP contribution < -0.4 is 0 Å². The summed E-state index contributed by atoms with van der Waals surface area (Å²) in [5.74, 6) is 1.78. The standard InChI is InChI=1S/C12H14N2O3S2/c1-7(11-13-8(2)14-17-11)18-6-9-4-5-10(19-9)12(15)16-3/h4-5,7H,6H2,1-3H3/t7-/m0/s1. The van der Waals surface area contributed by atoms with E-state index in [0.717, 1.165) is 10.6 Å². The van der Waals surface area contributed by atoms with Gasteiger partial charge in [-0.25, -0.2) is 4.79 Å². The van der Waals surface area contributed by atoms with E-state index >= 15 is 0 Å². The van der Waals surface area contributed by atoms with E-state index in [1.165, 1.54) is 18.4 Å². The summed E-state index contributed by atoms with van der Waals surface area (Å²) >= 11 is 3.14. The molecule has 2 aromatic heterocycles. The average molecular weight is 298 g/mol. The van der Waals surface area contributed by atoms with Gasteiger partial charge in [-0.05, 0) is 26.0 Å². The molecule has 0 bridgehead atoms. The second-order valence-corrected chi connectivity index (χ2v) is 6.39. The topological polar surface area (TPSA) is 65.2 Å². The second kappa shape index (κ2) is 6.21. The Bertz CT molecular complexity index is 565. The Morgan fingerprint density at radius 1 is 1.58 bits per heavy atom. The summed E-state index contributed by atoms with van der Waals surface area (Å²) in [5.41, 5.74) is 0. The van der Waals surface area contributed by atoms with Crippen LogP contribution in [-0.2, 0) is 10.5 Å². The van der Waals surface area contributed by atoms with E-state index in [9.17, 15) is 4.79 Å². The van der Waals surface area contributed by atoms with Gasteiger partial charge in [0.1, 0.15) is 4.88 Å². The number of thioether (sulfide) groups is 1. The second-order valence-electron chi connectivity index (χ2n) is 3.89. The Balaban J connectivity index is 1.91. The predicted molar refractivity (Wildman–Crippen MR) is 74.4 cm³/mol. The van der Waals surface area contributed by atoms with Crippen LogP contribution in [0.15, 0.2) is 16.7 Å². The number of hydrogen-bond acceptors (Lipinski definition) is 7. The third-order valence-electron chi connectivity index (χ3n) is 2.41. The van der Waals surface area contributed by atoms with Crippen LogP contribution in [0.4, 0.5) is 0 Å². The van der Waals surface area contributed by atoms with Gasteiger partial charge in [0.15, 0.2) is 5.82 Å². The molecule has 102 valence electrons. The van der Waals surface area contributed by atoms with Gasteiger partial charge in [0, 0.05) is 10.6 Å². The maximum atomic E-state index is 11.3. The van der Waals surface area contributed by atoms with Crippen molar-refractivity contribution in [1.29, 1.82) is 0 Å². The number of rotatable bonds is 5. The summed E-state index contributed by atoms with van der Waals surface area (Å²) in [6, 6.07) is 3.73. The summed E-state index contributed by atoms with van der Waals surface area (Å²) in [6.45, 7) is 3.82. The van der Waals surface area contributed by atoms with Crippen molar-refractivity contribution in [2.75, 3.05) is 7.11 Å². The van der Waals surface area contributed by atoms with Gasteiger partial charge >= 0.3 is 5.97 Å². The highest BCUT2D eigenvalue weighted by atomic mass is 32.2. The molecule has 5 nitrogen and oxygen atoms in total. The lowest BCUT2D eigenvalue weighted by Crippen LogP contribution is -1.96. The Kier molecular flexibility index (Phi) is 4.60. The monoisotopic (exact) mass is 298 g/mol. The summed E-state index contributed by atoms with van der Waals surface area (Å²) in [7, 11) is 1.39. The van der Waals surface area contributed by atoms with Crippen LogP contribution in [0, 0.1) is 6.92 Å². The van der Waals surface area contributed by atoms with E-state index in [2.05, 4.69) is 14.9 Å². The molecular formula is C12H14N2O3S2. The van der Waals surface area contributed by atoms with Gasteiger partial charge in [0.05, 0.1) is 12.4 Å². The third-order valence-corrected chi connectivity index (χ3v) is 4.84. The Hall–Kier alpha value is -1.34. The first-order valence-electron chi connectivity index (χ1n) is 5.69. The maximum Gasteiger partial charge on any atom is 0.348 e. The number of aromatic nitrogens is 2. The molecule has 19 heavy (non-hydrogen) atoms. The van der Waals surface area contributed by atoms with Crippen molar-refractivity contribution in [3.05, 3.63) is 33.6 Å². The molecule has 0 saturated carbocycles. The van der Waals surface area contributed by atoms with Crippen LogP contribution in [0.3, 0.4) is 0 Å². The zero-order valence-corrected chi connectivity index (χ0v) is 12.5. The van der Waals surface area contributed by atoms with Gasteiger partial charge in [-0.3, -0.25) is 0 Å². The van der Waals surface area contributed by atoms with Gasteiger partial charge in [0.25, 0.3) is 0 Å². The molecule has 0 spiro atoms. The molecule has 0 N–H and O–H groups in total. The molecule has 0 saturated heterocycles. The van der Waals surface area contributed by atoms with Gasteiger partial charge in [-0.15, -0.1) is 23.1 Å². The predicted octanol–water partition coefficient (Wildman–Crippen LogP) is 3.22. The zero-order valence-electron chi connectivity index (χ0n) is 10.9. The highest BCUT2D eigenvalue weighted by molar-refractivity contribution is 7.98. The number of carbonyl (C=O) groups is 1. The van der Waals surface area contributed by atoms with Crippen molar-refractivity contribution in [1.82, 2.24) is 10.1 Å². The minimum Gasteiger partial charge on any atom is -0.465 e. The van der Waals surface area contributed by atoms with Crippen molar-refractivity contribution < 1.29 is 14.1 Å². The van der Waals surface area contributed by atoms with Crippen LogP contribution >= 0.6 is 23.1 Å². The molecule has 0 aliphatic carbocycles. The van der Waals surface area contributed by atoms with Crippen LogP contribution in [0.25, 0.3) is 0 Å². The molecule has 0 aromatic carbocycles. The Morgan fingerprint density at radius 2 is 2.37 bits per heavy atom. The van der Waals surface area contributed by atoms with Gasteiger partial charge < -0.3 is 9.26 Å². The molecule has 0 aliphatic heterocycles. The van der Waals surface area contributed by atoms with E-state index in [1.807, 2.05) is 13.0 Å². The van der Waals surface area contributed by atoms with E-state index in [0.29, 0.717) is 16.6 Å². The molecule has 2 aromatic rings. The highest BCUT2D eigenvalue weighted by Crippen LogP contribution is 2.32. The molecule has 0 radical (unpaired) electrons. The first-order chi connectivity index (χ1) is 9.10. The number of carbonyl (C=O) groups excluding carboxylic acids is 1. The number of esters is 1. The molecule has 2 rings (SSSR count). The zero-order chi connectivity index (χ0) is 13.8. The van der Waals surface area contributed by atoms with Gasteiger partial charge in [-0.2, -0.15) is 4.98 Å². The smallest absolute Gasteiger partial charge is 0.348 e. The van der Waals surface area contributed by atoms with Gasteiger partial charge in [0.2, 0.25) is 5.89 Å². The first-order valence-corrected chi connectivity index (χ1v) is 7.55. The van der Waals surface area contributed by atoms with Crippen molar-refractivity contribution in [3.8, 4) is 0 Å². The minimum absolute atomic E-state index is 0.130. The fraction of sp³-hybridized carbons (Fsp3) is 0.417. The quantitative estimate of drug-likeness (QED) is 0.790. The lowest BCUT2D eigenvalue weighted by Gasteiger charge is -2.04. The lowest BCUT2D eigenvalue weighted by atomic mass is 10.4. The SMILES string of the molecule is COC(=O)c1ccc(CS[C@@H](C)c2nc(C)no2)s1. The van der Waals surface area contributed by atoms with Crippen LogP contribution in [0.2, 0.25) is 0 Å². The highest BCUT2D eigenvalue weighted by Gasteiger charge is 2.15. The summed E-state index contributed by atoms with van der Waals surface area (Å²) in [5, 5.41) is 3.90. The fourth-order valence-electron chi connectivity index (χ4n) is 1.42. The average Bonchev–Trinajstić information content (AvgIpc) is 3.04. The molecule has 7 heteroatoms. The number of ether oxygens (including phenoxy) is 1. The summed E-state index contributed by atoms with van der Waals surface area (Å²) < 4.78 is 9.80. The molecule has 0 aliphatic rings. The lowest BCUT2D eigenvalue weighted by molar-refractivity contribution is 0.0606. The van der Waals surface area contributed by atoms with Crippen molar-refractivity contribution >= 4 is 29.1 Å². The normalized spacial score (nSPS) is 12.4. The Labute approximate surface area is 119 Å². The first kappa shape index (κ1) is 14.1. The molecule has 1 atom stereocenters. The summed E-state index contributed by atoms with van der Waals surface area (Å²) in [4.78, 5) is 17.3. The van der Waals surface area contributed by atoms with Crippen molar-refractivity contribution in [3.63, 3.8) is 0 Å². The van der Waals surface area contributed by atoms with Crippen molar-refractivity contribution in [2.24, 2.45) is 0 Å². The molecular weight excluding hydrogens is 284 g/mol. The fourth-order valence-corrected chi connectivity index (χ4v) is 3.33. The molecule has 2 heterocycles. The summed E-state index contributed by atoms with van der Waals surface area (Å²) in [6.07, 6.45) is 0. The third kappa shape index (κ3) is 3.57. The minimum atomic E-state index is -0.290. The van der Waals surface area contributed by atoms with Crippen LogP contribution in [0.5, 0.6) is 0 Å². The van der Waals surface area contributed by atoms with Crippen molar-refractivity contribution in [2.45, 2.75) is 24.9 Å².